The maximum atomic E-state index is 12.5. The van der Waals surface area contributed by atoms with Crippen molar-refractivity contribution in [1.29, 1.82) is 0 Å². The summed E-state index contributed by atoms with van der Waals surface area (Å²) in [5.41, 5.74) is 0.787. The van der Waals surface area contributed by atoms with Gasteiger partial charge in [0.2, 0.25) is 0 Å². The van der Waals surface area contributed by atoms with E-state index in [4.69, 9.17) is 9.47 Å². The summed E-state index contributed by atoms with van der Waals surface area (Å²) in [7, 11) is 0. The summed E-state index contributed by atoms with van der Waals surface area (Å²) in [6.45, 7) is 3.43. The number of pyridine rings is 1. The molecule has 0 amide bonds. The predicted octanol–water partition coefficient (Wildman–Crippen LogP) is 3.72. The first-order valence-corrected chi connectivity index (χ1v) is 7.33. The van der Waals surface area contributed by atoms with Gasteiger partial charge in [0, 0.05) is 17.3 Å². The number of hydrogen-bond donors (Lipinski definition) is 1. The average molecular weight is 337 g/mol. The van der Waals surface area contributed by atoms with Gasteiger partial charge in [-0.1, -0.05) is 0 Å². The third-order valence-electron chi connectivity index (χ3n) is 3.22. The number of phenolic OH excluding ortho intramolecular Hbond substituents is 1. The van der Waals surface area contributed by atoms with Crippen LogP contribution in [0, 0.1) is 0 Å². The molecule has 2 aromatic rings. The second-order valence-corrected chi connectivity index (χ2v) is 4.97. The predicted molar refractivity (Wildman–Crippen MR) is 83.0 cm³/mol. The van der Waals surface area contributed by atoms with Crippen LogP contribution in [0.1, 0.15) is 25.8 Å². The molecule has 0 aliphatic rings. The zero-order valence-electron chi connectivity index (χ0n) is 13.2. The highest BCUT2D eigenvalue weighted by Gasteiger charge is 2.18. The van der Waals surface area contributed by atoms with Gasteiger partial charge in [-0.15, -0.1) is 0 Å². The Labute approximate surface area is 137 Å². The third-order valence-corrected chi connectivity index (χ3v) is 3.22. The lowest BCUT2D eigenvalue weighted by molar-refractivity contribution is -0.150. The second kappa shape index (κ2) is 7.72. The zero-order chi connectivity index (χ0) is 17.7. The Hall–Kier alpha value is -2.70. The van der Waals surface area contributed by atoms with Gasteiger partial charge in [-0.05, 0) is 44.2 Å². The van der Waals surface area contributed by atoms with Gasteiger partial charge in [-0.25, -0.2) is 13.6 Å². The van der Waals surface area contributed by atoms with Crippen LogP contribution in [0.15, 0.2) is 36.5 Å². The average Bonchev–Trinajstić information content (AvgIpc) is 2.57. The summed E-state index contributed by atoms with van der Waals surface area (Å²) in [6, 6.07) is 7.19. The van der Waals surface area contributed by atoms with E-state index in [1.54, 1.807) is 13.0 Å². The minimum absolute atomic E-state index is 0.114. The van der Waals surface area contributed by atoms with Crippen molar-refractivity contribution in [3.63, 3.8) is 0 Å². The molecule has 2 rings (SSSR count). The molecule has 0 aliphatic heterocycles. The Bertz CT molecular complexity index is 704. The van der Waals surface area contributed by atoms with E-state index in [9.17, 15) is 18.7 Å². The first-order valence-electron chi connectivity index (χ1n) is 7.33. The van der Waals surface area contributed by atoms with Crippen molar-refractivity contribution >= 4 is 5.97 Å². The van der Waals surface area contributed by atoms with Crippen molar-refractivity contribution in [2.75, 3.05) is 6.61 Å². The molecule has 5 nitrogen and oxygen atoms in total. The van der Waals surface area contributed by atoms with E-state index in [-0.39, 0.29) is 23.7 Å². The Morgan fingerprint density at radius 1 is 1.29 bits per heavy atom. The van der Waals surface area contributed by atoms with Crippen LogP contribution < -0.4 is 4.74 Å². The number of esters is 1. The molecule has 0 fully saturated rings. The molecule has 1 aromatic carbocycles. The highest BCUT2D eigenvalue weighted by Crippen LogP contribution is 2.32. The van der Waals surface area contributed by atoms with Gasteiger partial charge >= 0.3 is 5.97 Å². The van der Waals surface area contributed by atoms with E-state index in [0.29, 0.717) is 11.3 Å². The summed E-state index contributed by atoms with van der Waals surface area (Å²) in [5, 5.41) is 10.0. The largest absolute Gasteiger partial charge is 0.504 e. The highest BCUT2D eigenvalue weighted by atomic mass is 19.3. The number of hydrogen-bond acceptors (Lipinski definition) is 5. The fourth-order valence-electron chi connectivity index (χ4n) is 1.98. The Morgan fingerprint density at radius 3 is 2.58 bits per heavy atom. The third kappa shape index (κ3) is 4.18. The van der Waals surface area contributed by atoms with Crippen LogP contribution in [-0.2, 0) is 9.53 Å². The first kappa shape index (κ1) is 17.7. The lowest BCUT2D eigenvalue weighted by Gasteiger charge is -2.14. The van der Waals surface area contributed by atoms with Gasteiger partial charge in [0.25, 0.3) is 6.43 Å². The maximum Gasteiger partial charge on any atom is 0.347 e. The van der Waals surface area contributed by atoms with Gasteiger partial charge in [0.15, 0.2) is 17.6 Å². The van der Waals surface area contributed by atoms with Crippen molar-refractivity contribution in [2.45, 2.75) is 26.4 Å². The summed E-state index contributed by atoms with van der Waals surface area (Å²) in [6.07, 6.45) is -2.37. The number of alkyl halides is 2. The van der Waals surface area contributed by atoms with E-state index in [1.807, 2.05) is 0 Å². The highest BCUT2D eigenvalue weighted by molar-refractivity contribution is 5.75. The van der Waals surface area contributed by atoms with Crippen LogP contribution in [0.5, 0.6) is 11.5 Å². The number of carbonyl (C=O) groups is 1. The van der Waals surface area contributed by atoms with Crippen LogP contribution in [0.25, 0.3) is 11.3 Å². The standard InChI is InChI=1S/C17H17F2NO4/c1-3-23-17(22)10(2)24-15-7-5-11(8-14(15)21)13-6-4-12(9-20-13)16(18)19/h4-10,16,21H,3H2,1-2H3. The number of phenols is 1. The first-order chi connectivity index (χ1) is 11.4. The molecule has 0 bridgehead atoms. The number of nitrogens with zero attached hydrogens (tertiary/aromatic N) is 1. The number of carbonyl (C=O) groups excluding carboxylic acids is 1. The van der Waals surface area contributed by atoms with Crippen LogP contribution in [-0.4, -0.2) is 28.8 Å². The van der Waals surface area contributed by atoms with E-state index < -0.39 is 18.5 Å². The minimum atomic E-state index is -2.58. The lowest BCUT2D eigenvalue weighted by Crippen LogP contribution is -2.26. The fraction of sp³-hybridized carbons (Fsp3) is 0.294. The topological polar surface area (TPSA) is 68.7 Å². The van der Waals surface area contributed by atoms with Gasteiger partial charge < -0.3 is 14.6 Å². The number of ether oxygens (including phenoxy) is 2. The molecular weight excluding hydrogens is 320 g/mol. The summed E-state index contributed by atoms with van der Waals surface area (Å²) in [4.78, 5) is 15.5. The Kier molecular flexibility index (Phi) is 5.68. The van der Waals surface area contributed by atoms with Crippen molar-refractivity contribution in [2.24, 2.45) is 0 Å². The van der Waals surface area contributed by atoms with Crippen LogP contribution in [0.4, 0.5) is 8.78 Å². The second-order valence-electron chi connectivity index (χ2n) is 4.97. The van der Waals surface area contributed by atoms with Crippen molar-refractivity contribution < 1.29 is 28.2 Å². The van der Waals surface area contributed by atoms with Crippen molar-refractivity contribution in [3.8, 4) is 22.8 Å². The van der Waals surface area contributed by atoms with Crippen LogP contribution in [0.2, 0.25) is 0 Å². The molecule has 128 valence electrons. The van der Waals surface area contributed by atoms with E-state index >= 15 is 0 Å². The Balaban J connectivity index is 2.15. The monoisotopic (exact) mass is 337 g/mol. The molecule has 1 atom stereocenters. The summed E-state index contributed by atoms with van der Waals surface area (Å²) >= 11 is 0. The molecule has 1 unspecified atom stereocenters. The van der Waals surface area contributed by atoms with Gasteiger partial charge in [-0.2, -0.15) is 0 Å². The van der Waals surface area contributed by atoms with Crippen LogP contribution >= 0.6 is 0 Å². The number of benzene rings is 1. The quantitative estimate of drug-likeness (QED) is 0.814. The fourth-order valence-corrected chi connectivity index (χ4v) is 1.98. The Morgan fingerprint density at radius 2 is 2.04 bits per heavy atom. The maximum absolute atomic E-state index is 12.5. The number of rotatable bonds is 6. The van der Waals surface area contributed by atoms with Gasteiger partial charge in [0.1, 0.15) is 0 Å². The van der Waals surface area contributed by atoms with E-state index in [0.717, 1.165) is 6.20 Å². The van der Waals surface area contributed by atoms with Gasteiger partial charge in [-0.3, -0.25) is 4.98 Å². The summed E-state index contributed by atoms with van der Waals surface area (Å²) in [5.74, 6) is -0.614. The molecule has 24 heavy (non-hydrogen) atoms. The van der Waals surface area contributed by atoms with E-state index in [1.165, 1.54) is 31.2 Å². The number of halogens is 2. The molecule has 0 spiro atoms. The van der Waals surface area contributed by atoms with Gasteiger partial charge in [0.05, 0.1) is 12.3 Å². The molecule has 7 heteroatoms. The smallest absolute Gasteiger partial charge is 0.347 e. The molecule has 1 N–H and O–H groups in total. The number of aromatic nitrogens is 1. The molecule has 0 saturated carbocycles. The molecule has 0 saturated heterocycles. The van der Waals surface area contributed by atoms with Crippen molar-refractivity contribution in [3.05, 3.63) is 42.1 Å². The van der Waals surface area contributed by atoms with Crippen molar-refractivity contribution in [1.82, 2.24) is 4.98 Å². The molecule has 0 aliphatic carbocycles. The minimum Gasteiger partial charge on any atom is -0.504 e. The molecule has 1 aromatic heterocycles. The lowest BCUT2D eigenvalue weighted by atomic mass is 10.1. The van der Waals surface area contributed by atoms with Crippen LogP contribution in [0.3, 0.4) is 0 Å². The number of aromatic hydroxyl groups is 1. The summed E-state index contributed by atoms with van der Waals surface area (Å²) < 4.78 is 35.2. The SMILES string of the molecule is CCOC(=O)C(C)Oc1ccc(-c2ccc(C(F)F)cn2)cc1O. The normalized spacial score (nSPS) is 12.0. The molecular formula is C17H17F2NO4. The molecule has 1 heterocycles. The molecule has 0 radical (unpaired) electrons. The van der Waals surface area contributed by atoms with E-state index in [2.05, 4.69) is 4.98 Å². The zero-order valence-corrected chi connectivity index (χ0v) is 13.2.